The largest absolute Gasteiger partial charge is 0.497 e. The lowest BCUT2D eigenvalue weighted by atomic mass is 10.0. The fourth-order valence-corrected chi connectivity index (χ4v) is 3.69. The van der Waals surface area contributed by atoms with Gasteiger partial charge < -0.3 is 14.8 Å². The van der Waals surface area contributed by atoms with Gasteiger partial charge >= 0.3 is 0 Å². The van der Waals surface area contributed by atoms with Crippen molar-refractivity contribution in [1.29, 1.82) is 0 Å². The van der Waals surface area contributed by atoms with E-state index >= 15 is 0 Å². The third-order valence-corrected chi connectivity index (χ3v) is 5.38. The quantitative estimate of drug-likeness (QED) is 0.546. The van der Waals surface area contributed by atoms with E-state index in [-0.39, 0.29) is 17.5 Å². The number of rotatable bonds is 8. The minimum absolute atomic E-state index is 0.234. The second-order valence-electron chi connectivity index (χ2n) is 7.30. The minimum atomic E-state index is -0.359. The molecule has 32 heavy (non-hydrogen) atoms. The molecule has 0 saturated heterocycles. The molecule has 0 unspecified atom stereocenters. The lowest BCUT2D eigenvalue weighted by Crippen LogP contribution is -2.34. The van der Waals surface area contributed by atoms with Gasteiger partial charge in [-0.3, -0.25) is 14.5 Å². The highest BCUT2D eigenvalue weighted by atomic mass is 16.5. The maximum atomic E-state index is 13.4. The van der Waals surface area contributed by atoms with Crippen LogP contribution in [0.2, 0.25) is 0 Å². The predicted molar refractivity (Wildman–Crippen MR) is 123 cm³/mol. The number of carbonyl (C=O) groups is 2. The van der Waals surface area contributed by atoms with Crippen LogP contribution in [0.3, 0.4) is 0 Å². The third-order valence-electron chi connectivity index (χ3n) is 5.38. The first-order valence-corrected chi connectivity index (χ1v) is 10.3. The molecule has 3 aromatic carbocycles. The summed E-state index contributed by atoms with van der Waals surface area (Å²) in [6.07, 6.45) is 0.580. The first-order valence-electron chi connectivity index (χ1n) is 10.3. The van der Waals surface area contributed by atoms with Crippen LogP contribution >= 0.6 is 0 Å². The molecule has 1 heterocycles. The number of nitrogens with one attached hydrogen (secondary N) is 1. The monoisotopic (exact) mass is 428 g/mol. The molecule has 1 aliphatic rings. The van der Waals surface area contributed by atoms with E-state index in [4.69, 9.17) is 9.47 Å². The topological polar surface area (TPSA) is 67.9 Å². The summed E-state index contributed by atoms with van der Waals surface area (Å²) in [5.41, 5.74) is 2.88. The summed E-state index contributed by atoms with van der Waals surface area (Å²) in [4.78, 5) is 28.1. The standard InChI is InChI=1S/C26H24N2O4/c1-31-20-14-12-19(13-15-20)23-24(27-21-10-6-7-11-22(21)32-2)26(30)28(25(23)29)17-16-18-8-4-3-5-9-18/h3-15,27H,16-17H2,1-2H3. The molecule has 0 atom stereocenters. The Morgan fingerprint density at radius 2 is 1.47 bits per heavy atom. The molecule has 0 fully saturated rings. The van der Waals surface area contributed by atoms with E-state index in [9.17, 15) is 9.59 Å². The zero-order valence-corrected chi connectivity index (χ0v) is 18.0. The second-order valence-corrected chi connectivity index (χ2v) is 7.30. The summed E-state index contributed by atoms with van der Waals surface area (Å²) in [5.74, 6) is 0.569. The van der Waals surface area contributed by atoms with E-state index < -0.39 is 0 Å². The van der Waals surface area contributed by atoms with E-state index in [0.29, 0.717) is 41.3 Å². The van der Waals surface area contributed by atoms with Gasteiger partial charge in [0.05, 0.1) is 25.5 Å². The summed E-state index contributed by atoms with van der Waals surface area (Å²) < 4.78 is 10.6. The number of imide groups is 1. The fourth-order valence-electron chi connectivity index (χ4n) is 3.69. The Labute approximate surface area is 187 Å². The van der Waals surface area contributed by atoms with Gasteiger partial charge in [-0.15, -0.1) is 0 Å². The van der Waals surface area contributed by atoms with Gasteiger partial charge in [-0.25, -0.2) is 0 Å². The Bertz CT molecular complexity index is 1150. The fraction of sp³-hybridized carbons (Fsp3) is 0.154. The molecule has 0 aromatic heterocycles. The Balaban J connectivity index is 1.69. The van der Waals surface area contributed by atoms with Gasteiger partial charge in [0.2, 0.25) is 0 Å². The summed E-state index contributed by atoms with van der Waals surface area (Å²) in [5, 5.41) is 3.16. The van der Waals surface area contributed by atoms with E-state index in [2.05, 4.69) is 5.32 Å². The number of amides is 2. The molecule has 6 heteroatoms. The van der Waals surface area contributed by atoms with E-state index in [1.807, 2.05) is 48.5 Å². The van der Waals surface area contributed by atoms with E-state index in [1.165, 1.54) is 4.90 Å². The van der Waals surface area contributed by atoms with Gasteiger partial charge in [0, 0.05) is 6.54 Å². The number of methoxy groups -OCH3 is 2. The molecule has 0 saturated carbocycles. The van der Waals surface area contributed by atoms with Crippen molar-refractivity contribution in [1.82, 2.24) is 4.90 Å². The Hall–Kier alpha value is -4.06. The molecule has 3 aromatic rings. The highest BCUT2D eigenvalue weighted by molar-refractivity contribution is 6.36. The van der Waals surface area contributed by atoms with Crippen molar-refractivity contribution in [2.45, 2.75) is 6.42 Å². The summed E-state index contributed by atoms with van der Waals surface area (Å²) in [7, 11) is 3.14. The molecular weight excluding hydrogens is 404 g/mol. The maximum Gasteiger partial charge on any atom is 0.278 e. The zero-order valence-electron chi connectivity index (χ0n) is 18.0. The number of para-hydroxylation sites is 2. The van der Waals surface area contributed by atoms with Gasteiger partial charge in [0.15, 0.2) is 0 Å². The average Bonchev–Trinajstić information content (AvgIpc) is 3.07. The molecule has 4 rings (SSSR count). The van der Waals surface area contributed by atoms with Crippen molar-refractivity contribution in [2.24, 2.45) is 0 Å². The number of nitrogens with zero attached hydrogens (tertiary/aromatic N) is 1. The smallest absolute Gasteiger partial charge is 0.278 e. The van der Waals surface area contributed by atoms with Crippen molar-refractivity contribution in [3.63, 3.8) is 0 Å². The van der Waals surface area contributed by atoms with Gasteiger partial charge in [-0.2, -0.15) is 0 Å². The van der Waals surface area contributed by atoms with Crippen LogP contribution in [0.15, 0.2) is 84.6 Å². The highest BCUT2D eigenvalue weighted by Crippen LogP contribution is 2.33. The van der Waals surface area contributed by atoms with Crippen molar-refractivity contribution >= 4 is 23.1 Å². The lowest BCUT2D eigenvalue weighted by Gasteiger charge is -2.16. The van der Waals surface area contributed by atoms with E-state index in [1.54, 1.807) is 44.6 Å². The van der Waals surface area contributed by atoms with Crippen LogP contribution in [-0.2, 0) is 16.0 Å². The number of ether oxygens (including phenoxy) is 2. The predicted octanol–water partition coefficient (Wildman–Crippen LogP) is 4.14. The Morgan fingerprint density at radius 1 is 0.781 bits per heavy atom. The molecule has 2 amide bonds. The van der Waals surface area contributed by atoms with E-state index in [0.717, 1.165) is 5.56 Å². The van der Waals surface area contributed by atoms with Crippen molar-refractivity contribution in [2.75, 3.05) is 26.1 Å². The van der Waals surface area contributed by atoms with Crippen molar-refractivity contribution in [3.05, 3.63) is 95.7 Å². The second kappa shape index (κ2) is 9.39. The van der Waals surface area contributed by atoms with Gasteiger partial charge in [-0.05, 0) is 41.8 Å². The zero-order chi connectivity index (χ0) is 22.5. The molecule has 1 N–H and O–H groups in total. The number of carbonyl (C=O) groups excluding carboxylic acids is 2. The third kappa shape index (κ3) is 4.21. The Kier molecular flexibility index (Phi) is 6.22. The molecule has 6 nitrogen and oxygen atoms in total. The summed E-state index contributed by atoms with van der Waals surface area (Å²) >= 11 is 0. The van der Waals surface area contributed by atoms with Crippen LogP contribution in [0.1, 0.15) is 11.1 Å². The van der Waals surface area contributed by atoms with Crippen LogP contribution in [0.5, 0.6) is 11.5 Å². The number of benzene rings is 3. The Morgan fingerprint density at radius 3 is 2.16 bits per heavy atom. The first-order chi connectivity index (χ1) is 15.6. The number of hydrogen-bond acceptors (Lipinski definition) is 5. The van der Waals surface area contributed by atoms with Crippen LogP contribution in [-0.4, -0.2) is 37.5 Å². The van der Waals surface area contributed by atoms with Gasteiger partial charge in [0.25, 0.3) is 11.8 Å². The number of hydrogen-bond donors (Lipinski definition) is 1. The molecule has 0 bridgehead atoms. The van der Waals surface area contributed by atoms with Crippen molar-refractivity contribution in [3.8, 4) is 11.5 Å². The first kappa shape index (κ1) is 21.2. The molecular formula is C26H24N2O4. The highest BCUT2D eigenvalue weighted by Gasteiger charge is 2.39. The number of anilines is 1. The van der Waals surface area contributed by atoms with Crippen LogP contribution in [0.25, 0.3) is 5.57 Å². The lowest BCUT2D eigenvalue weighted by molar-refractivity contribution is -0.136. The van der Waals surface area contributed by atoms with Crippen molar-refractivity contribution < 1.29 is 19.1 Å². The van der Waals surface area contributed by atoms with Gasteiger partial charge in [0.1, 0.15) is 17.2 Å². The van der Waals surface area contributed by atoms with Gasteiger partial charge in [-0.1, -0.05) is 54.6 Å². The summed E-state index contributed by atoms with van der Waals surface area (Å²) in [6, 6.07) is 24.2. The summed E-state index contributed by atoms with van der Waals surface area (Å²) in [6.45, 7) is 0.290. The average molecular weight is 428 g/mol. The molecule has 1 aliphatic heterocycles. The molecule has 0 spiro atoms. The van der Waals surface area contributed by atoms with Crippen LogP contribution in [0.4, 0.5) is 5.69 Å². The SMILES string of the molecule is COc1ccc(C2=C(Nc3ccccc3OC)C(=O)N(CCc3ccccc3)C2=O)cc1. The maximum absolute atomic E-state index is 13.4. The van der Waals surface area contributed by atoms with Crippen LogP contribution in [0, 0.1) is 0 Å². The molecule has 0 radical (unpaired) electrons. The molecule has 162 valence electrons. The minimum Gasteiger partial charge on any atom is -0.497 e. The van der Waals surface area contributed by atoms with Crippen LogP contribution < -0.4 is 14.8 Å². The molecule has 0 aliphatic carbocycles. The normalized spacial score (nSPS) is 13.5.